The molecule has 0 unspecified atom stereocenters. The molecule has 1 aliphatic heterocycles. The summed E-state index contributed by atoms with van der Waals surface area (Å²) >= 11 is 0. The number of pyridine rings is 1. The van der Waals surface area contributed by atoms with E-state index in [2.05, 4.69) is 29.8 Å². The normalized spacial score (nSPS) is 14.9. The minimum atomic E-state index is 0.127. The van der Waals surface area contributed by atoms with Gasteiger partial charge in [-0.25, -0.2) is 4.98 Å². The molecule has 0 aliphatic carbocycles. The van der Waals surface area contributed by atoms with Crippen LogP contribution in [0.25, 0.3) is 0 Å². The van der Waals surface area contributed by atoms with Crippen LogP contribution in [0.1, 0.15) is 27.0 Å². The highest BCUT2D eigenvalue weighted by Gasteiger charge is 2.23. The van der Waals surface area contributed by atoms with Gasteiger partial charge in [-0.3, -0.25) is 4.79 Å². The maximum atomic E-state index is 12.6. The van der Waals surface area contributed by atoms with Gasteiger partial charge >= 0.3 is 0 Å². The van der Waals surface area contributed by atoms with E-state index >= 15 is 0 Å². The van der Waals surface area contributed by atoms with E-state index in [1.165, 1.54) is 11.1 Å². The molecular weight excluding hydrogens is 286 g/mol. The maximum absolute atomic E-state index is 12.6. The van der Waals surface area contributed by atoms with E-state index < -0.39 is 0 Å². The average molecular weight is 309 g/mol. The topological polar surface area (TPSA) is 36.4 Å². The summed E-state index contributed by atoms with van der Waals surface area (Å²) in [7, 11) is 0. The fourth-order valence-corrected chi connectivity index (χ4v) is 3.12. The molecule has 1 aromatic heterocycles. The van der Waals surface area contributed by atoms with Crippen LogP contribution in [-0.4, -0.2) is 42.0 Å². The lowest BCUT2D eigenvalue weighted by atomic mass is 10.1. The van der Waals surface area contributed by atoms with Crippen LogP contribution >= 0.6 is 0 Å². The highest BCUT2D eigenvalue weighted by Crippen LogP contribution is 2.20. The summed E-state index contributed by atoms with van der Waals surface area (Å²) in [5, 5.41) is 0. The van der Waals surface area contributed by atoms with E-state index in [4.69, 9.17) is 0 Å². The lowest BCUT2D eigenvalue weighted by Gasteiger charge is -2.36. The first kappa shape index (κ1) is 15.5. The van der Waals surface area contributed by atoms with Gasteiger partial charge in [0.05, 0.1) is 0 Å². The second-order valence-electron chi connectivity index (χ2n) is 6.30. The standard InChI is InChI=1S/C19H23N3O/c1-14-5-4-6-17(12-14)19(23)22-9-7-21(8-10-22)18-16(3)11-15(2)13-20-18/h4-6,11-13H,7-10H2,1-3H3. The maximum Gasteiger partial charge on any atom is 0.253 e. The van der Waals surface area contributed by atoms with Crippen LogP contribution in [0.5, 0.6) is 0 Å². The van der Waals surface area contributed by atoms with Crippen molar-refractivity contribution in [3.05, 3.63) is 58.8 Å². The Kier molecular flexibility index (Phi) is 4.33. The monoisotopic (exact) mass is 309 g/mol. The summed E-state index contributed by atoms with van der Waals surface area (Å²) in [6.45, 7) is 9.30. The van der Waals surface area contributed by atoms with Gasteiger partial charge in [-0.2, -0.15) is 0 Å². The molecule has 0 N–H and O–H groups in total. The van der Waals surface area contributed by atoms with Crippen molar-refractivity contribution in [2.24, 2.45) is 0 Å². The van der Waals surface area contributed by atoms with Crippen LogP contribution in [-0.2, 0) is 0 Å². The number of rotatable bonds is 2. The summed E-state index contributed by atoms with van der Waals surface area (Å²) in [6.07, 6.45) is 1.91. The van der Waals surface area contributed by atoms with Gasteiger partial charge in [-0.1, -0.05) is 23.8 Å². The molecule has 0 radical (unpaired) electrons. The third-order valence-corrected chi connectivity index (χ3v) is 4.32. The Bertz CT molecular complexity index is 718. The lowest BCUT2D eigenvalue weighted by molar-refractivity contribution is 0.0746. The van der Waals surface area contributed by atoms with E-state index in [1.807, 2.05) is 42.3 Å². The van der Waals surface area contributed by atoms with Crippen molar-refractivity contribution in [3.63, 3.8) is 0 Å². The number of carbonyl (C=O) groups is 1. The Balaban J connectivity index is 1.67. The molecule has 1 saturated heterocycles. The number of nitrogens with zero attached hydrogens (tertiary/aromatic N) is 3. The van der Waals surface area contributed by atoms with Crippen LogP contribution in [0, 0.1) is 20.8 Å². The molecule has 1 aliphatic rings. The molecule has 4 heteroatoms. The number of hydrogen-bond donors (Lipinski definition) is 0. The fraction of sp³-hybridized carbons (Fsp3) is 0.368. The zero-order valence-electron chi connectivity index (χ0n) is 14.0. The smallest absolute Gasteiger partial charge is 0.253 e. The number of aromatic nitrogens is 1. The minimum Gasteiger partial charge on any atom is -0.353 e. The van der Waals surface area contributed by atoms with E-state index in [0.717, 1.165) is 43.1 Å². The first-order valence-corrected chi connectivity index (χ1v) is 8.09. The van der Waals surface area contributed by atoms with Crippen LogP contribution in [0.2, 0.25) is 0 Å². The Morgan fingerprint density at radius 2 is 1.74 bits per heavy atom. The Hall–Kier alpha value is -2.36. The Morgan fingerprint density at radius 1 is 1.00 bits per heavy atom. The van der Waals surface area contributed by atoms with Crippen molar-refractivity contribution in [2.75, 3.05) is 31.1 Å². The second kappa shape index (κ2) is 6.41. The largest absolute Gasteiger partial charge is 0.353 e. The number of anilines is 1. The predicted octanol–water partition coefficient (Wildman–Crippen LogP) is 2.97. The van der Waals surface area contributed by atoms with E-state index in [-0.39, 0.29) is 5.91 Å². The van der Waals surface area contributed by atoms with Crippen molar-refractivity contribution in [3.8, 4) is 0 Å². The van der Waals surface area contributed by atoms with Gasteiger partial charge in [0.25, 0.3) is 5.91 Å². The highest BCUT2D eigenvalue weighted by molar-refractivity contribution is 5.94. The van der Waals surface area contributed by atoms with Gasteiger partial charge in [0, 0.05) is 37.9 Å². The molecule has 0 saturated carbocycles. The molecule has 4 nitrogen and oxygen atoms in total. The van der Waals surface area contributed by atoms with Crippen LogP contribution in [0.3, 0.4) is 0 Å². The molecule has 1 aromatic carbocycles. The highest BCUT2D eigenvalue weighted by atomic mass is 16.2. The van der Waals surface area contributed by atoms with Crippen LogP contribution < -0.4 is 4.90 Å². The van der Waals surface area contributed by atoms with Gasteiger partial charge in [-0.05, 0) is 44.0 Å². The van der Waals surface area contributed by atoms with Gasteiger partial charge in [0.15, 0.2) is 0 Å². The predicted molar refractivity (Wildman–Crippen MR) is 93.0 cm³/mol. The summed E-state index contributed by atoms with van der Waals surface area (Å²) < 4.78 is 0. The van der Waals surface area contributed by atoms with Gasteiger partial charge < -0.3 is 9.80 Å². The zero-order valence-corrected chi connectivity index (χ0v) is 14.0. The average Bonchev–Trinajstić information content (AvgIpc) is 2.54. The molecule has 0 bridgehead atoms. The van der Waals surface area contributed by atoms with Crippen molar-refractivity contribution in [1.29, 1.82) is 0 Å². The Labute approximate surface area is 137 Å². The fourth-order valence-electron chi connectivity index (χ4n) is 3.12. The summed E-state index contributed by atoms with van der Waals surface area (Å²) in [5.41, 5.74) is 4.28. The molecular formula is C19H23N3O. The first-order chi connectivity index (χ1) is 11.0. The molecule has 23 heavy (non-hydrogen) atoms. The van der Waals surface area contributed by atoms with Crippen molar-refractivity contribution >= 4 is 11.7 Å². The van der Waals surface area contributed by atoms with E-state index in [9.17, 15) is 4.79 Å². The van der Waals surface area contributed by atoms with E-state index in [1.54, 1.807) is 0 Å². The zero-order chi connectivity index (χ0) is 16.4. The number of amides is 1. The molecule has 1 fully saturated rings. The van der Waals surface area contributed by atoms with Crippen molar-refractivity contribution in [1.82, 2.24) is 9.88 Å². The lowest BCUT2D eigenvalue weighted by Crippen LogP contribution is -2.49. The SMILES string of the molecule is Cc1cccc(C(=O)N2CCN(c3ncc(C)cc3C)CC2)c1. The molecule has 1 amide bonds. The third kappa shape index (κ3) is 3.36. The summed E-state index contributed by atoms with van der Waals surface area (Å²) in [6, 6.07) is 9.97. The molecule has 120 valence electrons. The third-order valence-electron chi connectivity index (χ3n) is 4.32. The molecule has 0 atom stereocenters. The number of carbonyl (C=O) groups excluding carboxylic acids is 1. The van der Waals surface area contributed by atoms with Gasteiger partial charge in [0.1, 0.15) is 5.82 Å². The molecule has 0 spiro atoms. The Morgan fingerprint density at radius 3 is 2.39 bits per heavy atom. The van der Waals surface area contributed by atoms with Crippen molar-refractivity contribution in [2.45, 2.75) is 20.8 Å². The summed E-state index contributed by atoms with van der Waals surface area (Å²) in [5.74, 6) is 1.17. The molecule has 3 rings (SSSR count). The van der Waals surface area contributed by atoms with Crippen molar-refractivity contribution < 1.29 is 4.79 Å². The first-order valence-electron chi connectivity index (χ1n) is 8.09. The number of hydrogen-bond acceptors (Lipinski definition) is 3. The molecule has 2 aromatic rings. The minimum absolute atomic E-state index is 0.127. The van der Waals surface area contributed by atoms with Gasteiger partial charge in [0.2, 0.25) is 0 Å². The van der Waals surface area contributed by atoms with Crippen LogP contribution in [0.4, 0.5) is 5.82 Å². The second-order valence-corrected chi connectivity index (χ2v) is 6.30. The molecule has 2 heterocycles. The van der Waals surface area contributed by atoms with Crippen LogP contribution in [0.15, 0.2) is 36.5 Å². The number of piperazine rings is 1. The van der Waals surface area contributed by atoms with E-state index in [0.29, 0.717) is 0 Å². The number of aryl methyl sites for hydroxylation is 3. The summed E-state index contributed by atoms with van der Waals surface area (Å²) in [4.78, 5) is 21.4. The quantitative estimate of drug-likeness (QED) is 0.856. The number of benzene rings is 1. The van der Waals surface area contributed by atoms with Gasteiger partial charge in [-0.15, -0.1) is 0 Å².